The number of carboxylic acids is 3. The average molecular weight is 762 g/mol. The quantitative estimate of drug-likeness (QED) is 0.105. The summed E-state index contributed by atoms with van der Waals surface area (Å²) in [6.45, 7) is 5.25. The standard InChI is InChI=1S/C34H48FN9O10/c1-3-41(4-2)29(47)22-18-23(20-25(19-22)44-21-24(39-40-44)8-7-12-35)30(48)42-14-16-43(17-15-42)34(54)36-13-6-5-9-26(31(49)50)37-33(53)38-27(32(51)52)10-11-28(45)46/h18-21,26-27H,3-17H2,1-2H3,(H,36,54)(H,45,46)(H,49,50)(H,51,52)(H2,37,38,53)/t26-,27?/m0/s1. The number of amides is 6. The Morgan fingerprint density at radius 2 is 1.44 bits per heavy atom. The first-order valence-corrected chi connectivity index (χ1v) is 17.8. The average Bonchev–Trinajstić information content (AvgIpc) is 3.63. The molecule has 6 N–H and O–H groups in total. The molecule has 0 radical (unpaired) electrons. The van der Waals surface area contributed by atoms with Gasteiger partial charge in [0.2, 0.25) is 0 Å². The molecule has 0 saturated carbocycles. The van der Waals surface area contributed by atoms with Crippen LogP contribution in [-0.4, -0.2) is 151 Å². The van der Waals surface area contributed by atoms with Crippen molar-refractivity contribution in [1.29, 1.82) is 0 Å². The summed E-state index contributed by atoms with van der Waals surface area (Å²) < 4.78 is 14.1. The molecule has 19 nitrogen and oxygen atoms in total. The van der Waals surface area contributed by atoms with Gasteiger partial charge in [0, 0.05) is 63.4 Å². The Morgan fingerprint density at radius 3 is 2.04 bits per heavy atom. The number of halogens is 1. The molecule has 1 aliphatic heterocycles. The number of carbonyl (C=O) groups excluding carboxylic acids is 4. The monoisotopic (exact) mass is 761 g/mol. The molecule has 0 spiro atoms. The molecule has 3 rings (SSSR count). The van der Waals surface area contributed by atoms with Crippen molar-refractivity contribution in [1.82, 2.24) is 45.6 Å². The van der Waals surface area contributed by atoms with Crippen LogP contribution in [0.15, 0.2) is 24.4 Å². The number of hydrogen-bond donors (Lipinski definition) is 6. The van der Waals surface area contributed by atoms with Gasteiger partial charge in [-0.05, 0) is 70.6 Å². The maximum atomic E-state index is 13.7. The van der Waals surface area contributed by atoms with E-state index in [1.807, 2.05) is 13.8 Å². The largest absolute Gasteiger partial charge is 0.481 e. The van der Waals surface area contributed by atoms with Crippen molar-refractivity contribution in [3.8, 4) is 5.69 Å². The number of aromatic nitrogens is 3. The normalized spacial score (nSPS) is 13.8. The summed E-state index contributed by atoms with van der Waals surface area (Å²) in [5.74, 6) is -4.65. The van der Waals surface area contributed by atoms with Crippen LogP contribution in [0.25, 0.3) is 5.69 Å². The van der Waals surface area contributed by atoms with Crippen molar-refractivity contribution in [3.05, 3.63) is 41.2 Å². The Kier molecular flexibility index (Phi) is 16.6. The third kappa shape index (κ3) is 12.7. The van der Waals surface area contributed by atoms with E-state index < -0.39 is 49.1 Å². The highest BCUT2D eigenvalue weighted by atomic mass is 19.1. The van der Waals surface area contributed by atoms with Crippen LogP contribution in [0.3, 0.4) is 0 Å². The van der Waals surface area contributed by atoms with Gasteiger partial charge in [-0.15, -0.1) is 5.10 Å². The van der Waals surface area contributed by atoms with Crippen LogP contribution in [0.4, 0.5) is 14.0 Å². The first-order valence-electron chi connectivity index (χ1n) is 17.8. The van der Waals surface area contributed by atoms with Gasteiger partial charge in [-0.3, -0.25) is 18.8 Å². The summed E-state index contributed by atoms with van der Waals surface area (Å²) in [4.78, 5) is 90.5. The maximum Gasteiger partial charge on any atom is 0.326 e. The summed E-state index contributed by atoms with van der Waals surface area (Å²) in [6.07, 6.45) is 2.05. The van der Waals surface area contributed by atoms with Gasteiger partial charge in [-0.1, -0.05) is 5.21 Å². The number of rotatable bonds is 20. The molecular weight excluding hydrogens is 713 g/mol. The lowest BCUT2D eigenvalue weighted by molar-refractivity contribution is -0.140. The van der Waals surface area contributed by atoms with Gasteiger partial charge in [-0.2, -0.15) is 0 Å². The van der Waals surface area contributed by atoms with E-state index in [4.69, 9.17) is 5.11 Å². The van der Waals surface area contributed by atoms with Crippen molar-refractivity contribution in [2.75, 3.05) is 52.5 Å². The molecule has 1 unspecified atom stereocenters. The SMILES string of the molecule is CCN(CC)C(=O)c1cc(C(=O)N2CCN(C(=O)NCCCC[C@H](NC(=O)NC(CCC(=O)O)C(=O)O)C(=O)O)CC2)cc(-n2cc(CCCF)nn2)c1. The van der Waals surface area contributed by atoms with E-state index in [0.717, 1.165) is 0 Å². The van der Waals surface area contributed by atoms with Gasteiger partial charge in [-0.25, -0.2) is 23.9 Å². The first kappa shape index (κ1) is 42.6. The third-order valence-electron chi connectivity index (χ3n) is 8.74. The van der Waals surface area contributed by atoms with Gasteiger partial charge in [0.1, 0.15) is 12.1 Å². The van der Waals surface area contributed by atoms with E-state index in [1.165, 1.54) is 4.68 Å². The van der Waals surface area contributed by atoms with Crippen LogP contribution in [0.5, 0.6) is 0 Å². The van der Waals surface area contributed by atoms with Crippen molar-refractivity contribution >= 4 is 41.8 Å². The number of unbranched alkanes of at least 4 members (excludes halogenated alkanes) is 1. The number of hydrogen-bond acceptors (Lipinski definition) is 9. The zero-order chi connectivity index (χ0) is 39.8. The van der Waals surface area contributed by atoms with Crippen molar-refractivity contribution in [2.45, 2.75) is 70.9 Å². The number of nitrogens with one attached hydrogen (secondary N) is 3. The third-order valence-corrected chi connectivity index (χ3v) is 8.74. The molecule has 1 saturated heterocycles. The lowest BCUT2D eigenvalue weighted by Gasteiger charge is -2.35. The summed E-state index contributed by atoms with van der Waals surface area (Å²) >= 11 is 0. The predicted molar refractivity (Wildman–Crippen MR) is 189 cm³/mol. The number of nitrogens with zero attached hydrogens (tertiary/aromatic N) is 6. The number of alkyl halides is 1. The number of piperazine rings is 1. The Hall–Kier alpha value is -5.82. The molecule has 1 aromatic heterocycles. The lowest BCUT2D eigenvalue weighted by atomic mass is 10.1. The van der Waals surface area contributed by atoms with Gasteiger partial charge in [0.05, 0.1) is 24.3 Å². The fourth-order valence-electron chi connectivity index (χ4n) is 5.69. The molecule has 20 heteroatoms. The van der Waals surface area contributed by atoms with Crippen LogP contribution in [0, 0.1) is 0 Å². The number of carbonyl (C=O) groups is 7. The molecule has 2 atom stereocenters. The minimum absolute atomic E-state index is 0.0209. The topological polar surface area (TPSA) is 257 Å². The molecule has 1 aliphatic rings. The van der Waals surface area contributed by atoms with E-state index in [2.05, 4.69) is 26.3 Å². The summed E-state index contributed by atoms with van der Waals surface area (Å²) in [7, 11) is 0. The van der Waals surface area contributed by atoms with Gasteiger partial charge in [0.25, 0.3) is 11.8 Å². The van der Waals surface area contributed by atoms with Crippen LogP contribution in [0.1, 0.15) is 78.8 Å². The van der Waals surface area contributed by atoms with Gasteiger partial charge in [0.15, 0.2) is 0 Å². The summed E-state index contributed by atoms with van der Waals surface area (Å²) in [5.41, 5.74) is 1.57. The second kappa shape index (κ2) is 21.0. The van der Waals surface area contributed by atoms with Crippen LogP contribution < -0.4 is 16.0 Å². The Balaban J connectivity index is 1.53. The molecule has 296 valence electrons. The fraction of sp³-hybridized carbons (Fsp3) is 0.559. The molecule has 0 aliphatic carbocycles. The van der Waals surface area contributed by atoms with Gasteiger partial charge < -0.3 is 46.0 Å². The van der Waals surface area contributed by atoms with E-state index in [0.29, 0.717) is 49.3 Å². The highest BCUT2D eigenvalue weighted by Gasteiger charge is 2.28. The molecule has 2 aromatic rings. The highest BCUT2D eigenvalue weighted by Crippen LogP contribution is 2.19. The number of urea groups is 2. The smallest absolute Gasteiger partial charge is 0.326 e. The first-order chi connectivity index (χ1) is 25.8. The zero-order valence-corrected chi connectivity index (χ0v) is 30.3. The van der Waals surface area contributed by atoms with E-state index in [9.17, 15) is 48.2 Å². The number of benzene rings is 1. The lowest BCUT2D eigenvalue weighted by Crippen LogP contribution is -2.53. The number of aryl methyl sites for hydroxylation is 1. The van der Waals surface area contributed by atoms with E-state index in [-0.39, 0.29) is 75.4 Å². The Morgan fingerprint density at radius 1 is 0.833 bits per heavy atom. The van der Waals surface area contributed by atoms with Crippen LogP contribution in [-0.2, 0) is 20.8 Å². The van der Waals surface area contributed by atoms with E-state index in [1.54, 1.807) is 39.1 Å². The highest BCUT2D eigenvalue weighted by molar-refractivity contribution is 6.00. The molecule has 1 fully saturated rings. The molecule has 2 heterocycles. The second-order valence-corrected chi connectivity index (χ2v) is 12.5. The Bertz CT molecular complexity index is 1640. The molecule has 54 heavy (non-hydrogen) atoms. The maximum absolute atomic E-state index is 13.7. The number of aliphatic carboxylic acids is 3. The minimum atomic E-state index is -1.52. The Labute approximate surface area is 310 Å². The predicted octanol–water partition coefficient (Wildman–Crippen LogP) is 1.36. The molecule has 0 bridgehead atoms. The molecule has 1 aromatic carbocycles. The van der Waals surface area contributed by atoms with E-state index >= 15 is 0 Å². The van der Waals surface area contributed by atoms with Crippen LogP contribution in [0.2, 0.25) is 0 Å². The zero-order valence-electron chi connectivity index (χ0n) is 30.3. The summed E-state index contributed by atoms with van der Waals surface area (Å²) in [5, 5.41) is 42.6. The summed E-state index contributed by atoms with van der Waals surface area (Å²) in [6, 6.07) is 0.471. The fourth-order valence-corrected chi connectivity index (χ4v) is 5.69. The van der Waals surface area contributed by atoms with Crippen molar-refractivity contribution in [2.24, 2.45) is 0 Å². The van der Waals surface area contributed by atoms with Crippen molar-refractivity contribution in [3.63, 3.8) is 0 Å². The van der Waals surface area contributed by atoms with Crippen LogP contribution >= 0.6 is 0 Å². The second-order valence-electron chi connectivity index (χ2n) is 12.5. The molecular formula is C34H48FN9O10. The minimum Gasteiger partial charge on any atom is -0.481 e. The molecule has 6 amide bonds. The van der Waals surface area contributed by atoms with Crippen molar-refractivity contribution < 1.29 is 53.3 Å². The number of carboxylic acid groups (broad SMARTS) is 3. The van der Waals surface area contributed by atoms with Gasteiger partial charge >= 0.3 is 30.0 Å².